The lowest BCUT2D eigenvalue weighted by Crippen LogP contribution is -2.33. The van der Waals surface area contributed by atoms with Gasteiger partial charge in [0.15, 0.2) is 0 Å². The highest BCUT2D eigenvalue weighted by Crippen LogP contribution is 2.25. The number of amides is 1. The SMILES string of the molecule is Cc1cc(Cl)ccc1N(CCC(=O)Nc1cccc(F)c1)S(C)(=O)=O. The second-order valence-corrected chi connectivity index (χ2v) is 7.92. The third-order valence-corrected chi connectivity index (χ3v) is 4.89. The Kier molecular flexibility index (Phi) is 6.02. The first-order chi connectivity index (χ1) is 11.7. The molecule has 2 aromatic rings. The van der Waals surface area contributed by atoms with Crippen LogP contribution in [0.15, 0.2) is 42.5 Å². The van der Waals surface area contributed by atoms with Crippen molar-refractivity contribution in [2.24, 2.45) is 0 Å². The zero-order valence-electron chi connectivity index (χ0n) is 13.8. The van der Waals surface area contributed by atoms with Crippen molar-refractivity contribution in [2.45, 2.75) is 13.3 Å². The van der Waals surface area contributed by atoms with Gasteiger partial charge in [-0.05, 0) is 48.9 Å². The molecule has 0 aliphatic carbocycles. The van der Waals surface area contributed by atoms with E-state index in [0.717, 1.165) is 10.6 Å². The quantitative estimate of drug-likeness (QED) is 0.827. The Bertz CT molecular complexity index is 887. The molecule has 2 aromatic carbocycles. The summed E-state index contributed by atoms with van der Waals surface area (Å²) in [7, 11) is -3.58. The van der Waals surface area contributed by atoms with Crippen LogP contribution in [0.3, 0.4) is 0 Å². The summed E-state index contributed by atoms with van der Waals surface area (Å²) in [5.74, 6) is -0.877. The van der Waals surface area contributed by atoms with E-state index in [9.17, 15) is 17.6 Å². The summed E-state index contributed by atoms with van der Waals surface area (Å²) in [6.45, 7) is 1.70. The predicted molar refractivity (Wildman–Crippen MR) is 98.0 cm³/mol. The molecule has 0 aliphatic heterocycles. The molecule has 8 heteroatoms. The Morgan fingerprint density at radius 1 is 1.24 bits per heavy atom. The number of nitrogens with one attached hydrogen (secondary N) is 1. The molecule has 25 heavy (non-hydrogen) atoms. The van der Waals surface area contributed by atoms with Crippen molar-refractivity contribution in [3.63, 3.8) is 0 Å². The van der Waals surface area contributed by atoms with Gasteiger partial charge in [0, 0.05) is 23.7 Å². The van der Waals surface area contributed by atoms with Crippen molar-refractivity contribution in [3.8, 4) is 0 Å². The number of hydrogen-bond acceptors (Lipinski definition) is 3. The maximum Gasteiger partial charge on any atom is 0.232 e. The number of sulfonamides is 1. The number of carbonyl (C=O) groups excluding carboxylic acids is 1. The Morgan fingerprint density at radius 3 is 2.56 bits per heavy atom. The molecule has 1 amide bonds. The first-order valence-corrected chi connectivity index (χ1v) is 9.69. The predicted octanol–water partition coefficient (Wildman–Crippen LogP) is 3.58. The molecule has 2 rings (SSSR count). The van der Waals surface area contributed by atoms with Crippen LogP contribution in [0.4, 0.5) is 15.8 Å². The van der Waals surface area contributed by atoms with Gasteiger partial charge >= 0.3 is 0 Å². The van der Waals surface area contributed by atoms with E-state index in [1.807, 2.05) is 0 Å². The second kappa shape index (κ2) is 7.84. The van der Waals surface area contributed by atoms with Gasteiger partial charge in [0.1, 0.15) is 5.82 Å². The van der Waals surface area contributed by atoms with Crippen LogP contribution in [-0.2, 0) is 14.8 Å². The molecule has 0 atom stereocenters. The van der Waals surface area contributed by atoms with Crippen LogP contribution in [0.5, 0.6) is 0 Å². The first-order valence-electron chi connectivity index (χ1n) is 7.46. The van der Waals surface area contributed by atoms with Gasteiger partial charge in [0.25, 0.3) is 0 Å². The van der Waals surface area contributed by atoms with Crippen LogP contribution < -0.4 is 9.62 Å². The van der Waals surface area contributed by atoms with Crippen molar-refractivity contribution in [3.05, 3.63) is 58.9 Å². The van der Waals surface area contributed by atoms with E-state index in [4.69, 9.17) is 11.6 Å². The Balaban J connectivity index is 2.12. The summed E-state index contributed by atoms with van der Waals surface area (Å²) in [4.78, 5) is 12.0. The molecular formula is C17H18ClFN2O3S. The number of carbonyl (C=O) groups is 1. The van der Waals surface area contributed by atoms with E-state index >= 15 is 0 Å². The summed E-state index contributed by atoms with van der Waals surface area (Å²) >= 11 is 5.90. The Morgan fingerprint density at radius 2 is 1.96 bits per heavy atom. The fraction of sp³-hybridized carbons (Fsp3) is 0.235. The van der Waals surface area contributed by atoms with Crippen LogP contribution >= 0.6 is 11.6 Å². The molecule has 0 saturated carbocycles. The largest absolute Gasteiger partial charge is 0.326 e. The molecule has 0 aromatic heterocycles. The summed E-state index contributed by atoms with van der Waals surface area (Å²) in [5.41, 5.74) is 1.47. The number of benzene rings is 2. The summed E-state index contributed by atoms with van der Waals surface area (Å²) in [6, 6.07) is 10.3. The summed E-state index contributed by atoms with van der Waals surface area (Å²) in [6.07, 6.45) is 0.997. The maximum atomic E-state index is 13.1. The van der Waals surface area contributed by atoms with Crippen LogP contribution in [0, 0.1) is 12.7 Å². The Hall–Kier alpha value is -2.12. The van der Waals surface area contributed by atoms with Gasteiger partial charge in [-0.3, -0.25) is 9.10 Å². The minimum Gasteiger partial charge on any atom is -0.326 e. The van der Waals surface area contributed by atoms with Crippen LogP contribution in [0.25, 0.3) is 0 Å². The van der Waals surface area contributed by atoms with Crippen molar-refractivity contribution in [1.82, 2.24) is 0 Å². The second-order valence-electron chi connectivity index (χ2n) is 5.57. The number of anilines is 2. The summed E-state index contributed by atoms with van der Waals surface area (Å²) < 4.78 is 38.5. The molecule has 0 unspecified atom stereocenters. The van der Waals surface area contributed by atoms with Crippen molar-refractivity contribution < 1.29 is 17.6 Å². The van der Waals surface area contributed by atoms with Crippen LogP contribution in [-0.4, -0.2) is 27.1 Å². The molecule has 5 nitrogen and oxygen atoms in total. The highest BCUT2D eigenvalue weighted by molar-refractivity contribution is 7.92. The van der Waals surface area contributed by atoms with E-state index in [-0.39, 0.29) is 13.0 Å². The number of halogens is 2. The average molecular weight is 385 g/mol. The molecule has 1 N–H and O–H groups in total. The normalized spacial score (nSPS) is 11.2. The van der Waals surface area contributed by atoms with Crippen molar-refractivity contribution in [1.29, 1.82) is 0 Å². The zero-order valence-corrected chi connectivity index (χ0v) is 15.4. The third-order valence-electron chi connectivity index (χ3n) is 3.48. The molecule has 0 radical (unpaired) electrons. The van der Waals surface area contributed by atoms with Gasteiger partial charge in [-0.25, -0.2) is 12.8 Å². The number of rotatable bonds is 6. The topological polar surface area (TPSA) is 66.5 Å². The minimum atomic E-state index is -3.58. The standard InChI is InChI=1S/C17H18ClFN2O3S/c1-12-10-13(18)6-7-16(12)21(25(2,23)24)9-8-17(22)20-15-5-3-4-14(19)11-15/h3-7,10-11H,8-9H2,1-2H3,(H,20,22). The van der Waals surface area contributed by atoms with Crippen molar-refractivity contribution in [2.75, 3.05) is 22.4 Å². The Labute approximate surface area is 151 Å². The average Bonchev–Trinajstić information content (AvgIpc) is 2.48. The lowest BCUT2D eigenvalue weighted by Gasteiger charge is -2.24. The molecular weight excluding hydrogens is 367 g/mol. The first kappa shape index (κ1) is 19.2. The van der Waals surface area contributed by atoms with Crippen LogP contribution in [0.2, 0.25) is 5.02 Å². The van der Waals surface area contributed by atoms with E-state index in [1.165, 1.54) is 18.2 Å². The highest BCUT2D eigenvalue weighted by atomic mass is 35.5. The third kappa shape index (κ3) is 5.44. The smallest absolute Gasteiger partial charge is 0.232 e. The zero-order chi connectivity index (χ0) is 18.6. The lowest BCUT2D eigenvalue weighted by atomic mass is 10.2. The van der Waals surface area contributed by atoms with Gasteiger partial charge in [-0.1, -0.05) is 17.7 Å². The fourth-order valence-electron chi connectivity index (χ4n) is 2.36. The van der Waals surface area contributed by atoms with E-state index < -0.39 is 21.7 Å². The number of hydrogen-bond donors (Lipinski definition) is 1. The molecule has 0 spiro atoms. The van der Waals surface area contributed by atoms with E-state index in [0.29, 0.717) is 22.0 Å². The molecule has 0 fully saturated rings. The molecule has 0 saturated heterocycles. The lowest BCUT2D eigenvalue weighted by molar-refractivity contribution is -0.116. The van der Waals surface area contributed by atoms with Gasteiger partial charge in [-0.2, -0.15) is 0 Å². The monoisotopic (exact) mass is 384 g/mol. The van der Waals surface area contributed by atoms with Gasteiger partial charge in [0.2, 0.25) is 15.9 Å². The van der Waals surface area contributed by atoms with E-state index in [2.05, 4.69) is 5.32 Å². The number of nitrogens with zero attached hydrogens (tertiary/aromatic N) is 1. The molecule has 134 valence electrons. The van der Waals surface area contributed by atoms with Gasteiger partial charge < -0.3 is 5.32 Å². The number of aryl methyl sites for hydroxylation is 1. The highest BCUT2D eigenvalue weighted by Gasteiger charge is 2.20. The molecule has 0 bridgehead atoms. The van der Waals surface area contributed by atoms with Gasteiger partial charge in [0.05, 0.1) is 11.9 Å². The molecule has 0 heterocycles. The summed E-state index contributed by atoms with van der Waals surface area (Å²) in [5, 5.41) is 3.04. The maximum absolute atomic E-state index is 13.1. The minimum absolute atomic E-state index is 0.0392. The fourth-order valence-corrected chi connectivity index (χ4v) is 3.57. The van der Waals surface area contributed by atoms with Crippen LogP contribution in [0.1, 0.15) is 12.0 Å². The van der Waals surface area contributed by atoms with E-state index in [1.54, 1.807) is 31.2 Å². The molecule has 0 aliphatic rings. The van der Waals surface area contributed by atoms with Gasteiger partial charge in [-0.15, -0.1) is 0 Å². The van der Waals surface area contributed by atoms with Crippen molar-refractivity contribution >= 4 is 38.9 Å².